The number of aliphatic hydroxyl groups excluding tert-OH is 4. The molecule has 10 nitrogen and oxygen atoms in total. The maximum Gasteiger partial charge on any atom is 0.236 e. The Labute approximate surface area is 221 Å². The van der Waals surface area contributed by atoms with Gasteiger partial charge in [0.2, 0.25) is 5.91 Å². The molecule has 214 valence electrons. The number of nitrogens with one attached hydrogen (secondary N) is 2. The Hall–Kier alpha value is -1.11. The standard InChI is InChI=1S/C27H49N3O7/c1-3-26-7-8-27(20-26,29-17-23(34)30-10-4-5-11-30)19-25(2,18-26)37-15-14-36-13-9-28-16-22(33)24(35)21(32)6-12-31/h3,21-22,24,28-29,31-33,35H,1,4-20H2,2H3/t21-,22+,24+,25+,26?,27+/m1/s1. The van der Waals surface area contributed by atoms with E-state index in [1.54, 1.807) is 0 Å². The zero-order chi connectivity index (χ0) is 26.9. The number of amides is 1. The lowest BCUT2D eigenvalue weighted by Crippen LogP contribution is -2.56. The summed E-state index contributed by atoms with van der Waals surface area (Å²) in [6.07, 6.45) is 5.54. The first-order valence-corrected chi connectivity index (χ1v) is 13.9. The maximum absolute atomic E-state index is 12.7. The van der Waals surface area contributed by atoms with Gasteiger partial charge in [0.05, 0.1) is 44.2 Å². The van der Waals surface area contributed by atoms with E-state index in [2.05, 4.69) is 30.2 Å². The summed E-state index contributed by atoms with van der Waals surface area (Å²) >= 11 is 0. The summed E-state index contributed by atoms with van der Waals surface area (Å²) in [6, 6.07) is 0. The predicted molar refractivity (Wildman–Crippen MR) is 140 cm³/mol. The summed E-state index contributed by atoms with van der Waals surface area (Å²) < 4.78 is 12.1. The van der Waals surface area contributed by atoms with Crippen molar-refractivity contribution >= 4 is 5.91 Å². The molecule has 3 rings (SSSR count). The second-order valence-electron chi connectivity index (χ2n) is 11.6. The van der Waals surface area contributed by atoms with Gasteiger partial charge < -0.3 is 45.4 Å². The minimum Gasteiger partial charge on any atom is -0.396 e. The molecule has 1 saturated heterocycles. The summed E-state index contributed by atoms with van der Waals surface area (Å²) in [5.41, 5.74) is -0.418. The molecule has 0 aromatic carbocycles. The van der Waals surface area contributed by atoms with Crippen molar-refractivity contribution in [1.29, 1.82) is 0 Å². The fourth-order valence-corrected chi connectivity index (χ4v) is 6.59. The zero-order valence-electron chi connectivity index (χ0n) is 22.5. The van der Waals surface area contributed by atoms with Gasteiger partial charge in [-0.2, -0.15) is 0 Å². The van der Waals surface area contributed by atoms with Crippen molar-refractivity contribution in [2.24, 2.45) is 5.41 Å². The second-order valence-corrected chi connectivity index (χ2v) is 11.6. The molecule has 10 heteroatoms. The van der Waals surface area contributed by atoms with E-state index < -0.39 is 18.3 Å². The van der Waals surface area contributed by atoms with E-state index in [4.69, 9.17) is 14.6 Å². The molecule has 0 aromatic rings. The predicted octanol–water partition coefficient (Wildman–Crippen LogP) is -0.0661. The maximum atomic E-state index is 12.7. The number of allylic oxidation sites excluding steroid dienone is 1. The molecular formula is C27H49N3O7. The van der Waals surface area contributed by atoms with Gasteiger partial charge in [-0.1, -0.05) is 6.08 Å². The first-order chi connectivity index (χ1) is 17.7. The molecule has 1 aliphatic heterocycles. The van der Waals surface area contributed by atoms with E-state index in [0.29, 0.717) is 32.9 Å². The third-order valence-electron chi connectivity index (χ3n) is 8.40. The van der Waals surface area contributed by atoms with Crippen molar-refractivity contribution in [3.63, 3.8) is 0 Å². The second kappa shape index (κ2) is 13.8. The first kappa shape index (κ1) is 30.4. The third kappa shape index (κ3) is 8.44. The van der Waals surface area contributed by atoms with E-state index in [0.717, 1.165) is 58.0 Å². The zero-order valence-corrected chi connectivity index (χ0v) is 22.5. The smallest absolute Gasteiger partial charge is 0.236 e. The van der Waals surface area contributed by atoms with Crippen LogP contribution in [0.5, 0.6) is 0 Å². The van der Waals surface area contributed by atoms with Crippen LogP contribution in [0, 0.1) is 5.41 Å². The Bertz CT molecular complexity index is 737. The summed E-state index contributed by atoms with van der Waals surface area (Å²) in [5, 5.41) is 44.8. The number of hydrogen-bond acceptors (Lipinski definition) is 9. The fraction of sp³-hybridized carbons (Fsp3) is 0.889. The van der Waals surface area contributed by atoms with Crippen LogP contribution in [-0.4, -0.2) is 120 Å². The van der Waals surface area contributed by atoms with Crippen molar-refractivity contribution in [3.05, 3.63) is 12.7 Å². The third-order valence-corrected chi connectivity index (χ3v) is 8.40. The average Bonchev–Trinajstić information content (AvgIpc) is 3.51. The summed E-state index contributed by atoms with van der Waals surface area (Å²) in [4.78, 5) is 14.6. The topological polar surface area (TPSA) is 144 Å². The van der Waals surface area contributed by atoms with Crippen molar-refractivity contribution in [2.75, 3.05) is 59.2 Å². The number of fused-ring (bicyclic) bond motifs is 2. The molecule has 1 unspecified atom stereocenters. The summed E-state index contributed by atoms with van der Waals surface area (Å²) in [5.74, 6) is 0.196. The van der Waals surface area contributed by atoms with E-state index in [1.807, 2.05) is 4.90 Å². The van der Waals surface area contributed by atoms with Gasteiger partial charge in [-0.05, 0) is 63.7 Å². The molecule has 0 spiro atoms. The number of ether oxygens (including phenoxy) is 2. The number of aliphatic hydroxyl groups is 4. The van der Waals surface area contributed by atoms with Crippen LogP contribution < -0.4 is 10.6 Å². The molecule has 1 amide bonds. The molecule has 2 aliphatic carbocycles. The summed E-state index contributed by atoms with van der Waals surface area (Å²) in [7, 11) is 0. The van der Waals surface area contributed by atoms with Crippen LogP contribution in [0.25, 0.3) is 0 Å². The first-order valence-electron chi connectivity index (χ1n) is 13.9. The number of hydrogen-bond donors (Lipinski definition) is 6. The van der Waals surface area contributed by atoms with E-state index in [1.165, 1.54) is 0 Å². The van der Waals surface area contributed by atoms with E-state index in [9.17, 15) is 20.1 Å². The minimum absolute atomic E-state index is 0.0160. The Balaban J connectivity index is 1.36. The fourth-order valence-electron chi connectivity index (χ4n) is 6.59. The Kier molecular flexibility index (Phi) is 11.3. The van der Waals surface area contributed by atoms with Gasteiger partial charge in [0.1, 0.15) is 6.10 Å². The van der Waals surface area contributed by atoms with Crippen LogP contribution in [0.4, 0.5) is 0 Å². The van der Waals surface area contributed by atoms with Crippen molar-refractivity contribution in [3.8, 4) is 0 Å². The lowest BCUT2D eigenvalue weighted by molar-refractivity contribution is -0.131. The van der Waals surface area contributed by atoms with Crippen LogP contribution in [-0.2, 0) is 14.3 Å². The highest BCUT2D eigenvalue weighted by atomic mass is 16.5. The number of likely N-dealkylation sites (tertiary alicyclic amines) is 1. The van der Waals surface area contributed by atoms with Crippen molar-refractivity contribution in [1.82, 2.24) is 15.5 Å². The lowest BCUT2D eigenvalue weighted by atomic mass is 9.66. The number of nitrogens with zero attached hydrogens (tertiary/aromatic N) is 1. The largest absolute Gasteiger partial charge is 0.396 e. The van der Waals surface area contributed by atoms with Crippen LogP contribution in [0.1, 0.15) is 58.3 Å². The number of rotatable bonds is 17. The van der Waals surface area contributed by atoms with Crippen LogP contribution >= 0.6 is 0 Å². The highest BCUT2D eigenvalue weighted by molar-refractivity contribution is 5.78. The van der Waals surface area contributed by atoms with Gasteiger partial charge >= 0.3 is 0 Å². The molecule has 37 heavy (non-hydrogen) atoms. The van der Waals surface area contributed by atoms with Gasteiger partial charge in [0.15, 0.2) is 0 Å². The molecule has 0 aromatic heterocycles. The van der Waals surface area contributed by atoms with E-state index in [-0.39, 0.29) is 42.0 Å². The highest BCUT2D eigenvalue weighted by Crippen LogP contribution is 2.58. The molecule has 3 aliphatic rings. The molecule has 6 N–H and O–H groups in total. The van der Waals surface area contributed by atoms with Crippen molar-refractivity contribution < 1.29 is 34.7 Å². The van der Waals surface area contributed by atoms with Gasteiger partial charge in [0.25, 0.3) is 0 Å². The SMILES string of the molecule is C=CC12CC[C@@](NCC(=O)N3CCCC3)(C1)C[C@@](C)(OCCOCCNC[C@H](O)[C@@H](O)[C@H](O)CCO)C2. The Morgan fingerprint density at radius 2 is 1.84 bits per heavy atom. The Morgan fingerprint density at radius 1 is 1.08 bits per heavy atom. The molecule has 3 fully saturated rings. The lowest BCUT2D eigenvalue weighted by Gasteiger charge is -2.48. The summed E-state index contributed by atoms with van der Waals surface area (Å²) in [6.45, 7) is 10.1. The molecule has 0 radical (unpaired) electrons. The van der Waals surface area contributed by atoms with Crippen LogP contribution in [0.2, 0.25) is 0 Å². The minimum atomic E-state index is -1.31. The molecule has 2 saturated carbocycles. The van der Waals surface area contributed by atoms with E-state index >= 15 is 0 Å². The van der Waals surface area contributed by atoms with Crippen LogP contribution in [0.3, 0.4) is 0 Å². The van der Waals surface area contributed by atoms with Gasteiger partial charge in [-0.25, -0.2) is 0 Å². The van der Waals surface area contributed by atoms with Gasteiger partial charge in [0, 0.05) is 38.3 Å². The Morgan fingerprint density at radius 3 is 2.54 bits per heavy atom. The molecular weight excluding hydrogens is 478 g/mol. The quantitative estimate of drug-likeness (QED) is 0.113. The van der Waals surface area contributed by atoms with Gasteiger partial charge in [-0.3, -0.25) is 4.79 Å². The number of carbonyl (C=O) groups is 1. The average molecular weight is 528 g/mol. The highest BCUT2D eigenvalue weighted by Gasteiger charge is 2.57. The monoisotopic (exact) mass is 527 g/mol. The normalized spacial score (nSPS) is 31.9. The molecule has 6 atom stereocenters. The molecule has 2 bridgehead atoms. The molecule has 1 heterocycles. The number of carbonyl (C=O) groups excluding carboxylic acids is 1. The van der Waals surface area contributed by atoms with Gasteiger partial charge in [-0.15, -0.1) is 6.58 Å². The van der Waals surface area contributed by atoms with Crippen molar-refractivity contribution in [2.45, 2.75) is 87.7 Å². The van der Waals surface area contributed by atoms with Crippen LogP contribution in [0.15, 0.2) is 12.7 Å².